The number of ketones is 1. The number of carbonyl (C=O) groups excluding carboxylic acids is 1. The van der Waals surface area contributed by atoms with E-state index < -0.39 is 0 Å². The van der Waals surface area contributed by atoms with Crippen molar-refractivity contribution in [1.82, 2.24) is 0 Å². The summed E-state index contributed by atoms with van der Waals surface area (Å²) >= 11 is 13.1. The molecule has 2 nitrogen and oxygen atoms in total. The lowest BCUT2D eigenvalue weighted by Crippen LogP contribution is -2.09. The van der Waals surface area contributed by atoms with E-state index in [9.17, 15) is 4.79 Å². The van der Waals surface area contributed by atoms with Gasteiger partial charge in [0.15, 0.2) is 5.78 Å². The largest absolute Gasteiger partial charge is 0.395 e. The maximum absolute atomic E-state index is 11.8. The summed E-state index contributed by atoms with van der Waals surface area (Å²) in [6.07, 6.45) is 0. The summed E-state index contributed by atoms with van der Waals surface area (Å²) in [6, 6.07) is 4.82. The lowest BCUT2D eigenvalue weighted by molar-refractivity contribution is 0.102. The molecule has 0 saturated carbocycles. The molecule has 0 heterocycles. The molecule has 0 saturated heterocycles. The predicted octanol–water partition coefficient (Wildman–Crippen LogP) is 3.29. The summed E-state index contributed by atoms with van der Waals surface area (Å²) in [4.78, 5) is 11.8. The highest BCUT2D eigenvalue weighted by atomic mass is 35.5. The molecule has 0 aliphatic carbocycles. The van der Waals surface area contributed by atoms with Crippen molar-refractivity contribution in [2.75, 3.05) is 12.4 Å². The summed E-state index contributed by atoms with van der Waals surface area (Å²) in [5, 5.41) is 9.78. The Balaban J connectivity index is 2.69. The second-order valence-corrected chi connectivity index (χ2v) is 5.62. The highest BCUT2D eigenvalue weighted by Gasteiger charge is 2.12. The Morgan fingerprint density at radius 2 is 2.19 bits per heavy atom. The van der Waals surface area contributed by atoms with Crippen LogP contribution < -0.4 is 0 Å². The van der Waals surface area contributed by atoms with Crippen molar-refractivity contribution in [3.63, 3.8) is 0 Å². The van der Waals surface area contributed by atoms with Gasteiger partial charge in [0.2, 0.25) is 0 Å². The zero-order chi connectivity index (χ0) is 12.1. The van der Waals surface area contributed by atoms with Gasteiger partial charge in [-0.1, -0.05) is 30.1 Å². The molecule has 0 radical (unpaired) electrons. The number of rotatable bonds is 5. The molecule has 88 valence electrons. The van der Waals surface area contributed by atoms with Gasteiger partial charge < -0.3 is 5.11 Å². The Kier molecular flexibility index (Phi) is 5.62. The van der Waals surface area contributed by atoms with Crippen molar-refractivity contribution >= 4 is 40.7 Å². The van der Waals surface area contributed by atoms with E-state index in [2.05, 4.69) is 0 Å². The van der Waals surface area contributed by atoms with Gasteiger partial charge in [-0.2, -0.15) is 0 Å². The predicted molar refractivity (Wildman–Crippen MR) is 69.8 cm³/mol. The monoisotopic (exact) mass is 278 g/mol. The van der Waals surface area contributed by atoms with E-state index in [1.165, 1.54) is 11.8 Å². The average Bonchev–Trinajstić information content (AvgIpc) is 2.28. The average molecular weight is 279 g/mol. The van der Waals surface area contributed by atoms with E-state index in [1.54, 1.807) is 18.2 Å². The third-order valence-electron chi connectivity index (χ3n) is 1.98. The van der Waals surface area contributed by atoms with E-state index in [-0.39, 0.29) is 17.6 Å². The highest BCUT2D eigenvalue weighted by molar-refractivity contribution is 8.00. The second kappa shape index (κ2) is 6.50. The number of hydrogen-bond donors (Lipinski definition) is 1. The smallest absolute Gasteiger partial charge is 0.174 e. The standard InChI is InChI=1S/C11H12Cl2O2S/c1-7(5-14)16-6-11(15)9-4-8(12)2-3-10(9)13/h2-4,7,14H,5-6H2,1H3. The fourth-order valence-corrected chi connectivity index (χ4v) is 2.15. The normalized spacial score (nSPS) is 12.5. The topological polar surface area (TPSA) is 37.3 Å². The number of Topliss-reactive ketones (excluding diaryl/α,β-unsaturated/α-hetero) is 1. The van der Waals surface area contributed by atoms with Crippen LogP contribution in [0.5, 0.6) is 0 Å². The molecule has 1 atom stereocenters. The first-order valence-corrected chi connectivity index (χ1v) is 6.55. The fourth-order valence-electron chi connectivity index (χ4n) is 1.06. The lowest BCUT2D eigenvalue weighted by atomic mass is 10.1. The van der Waals surface area contributed by atoms with Gasteiger partial charge in [-0.25, -0.2) is 0 Å². The van der Waals surface area contributed by atoms with Crippen molar-refractivity contribution < 1.29 is 9.90 Å². The Bertz CT molecular complexity index is 382. The van der Waals surface area contributed by atoms with Gasteiger partial charge in [0.1, 0.15) is 0 Å². The molecule has 0 aliphatic rings. The third-order valence-corrected chi connectivity index (χ3v) is 3.70. The van der Waals surface area contributed by atoms with E-state index in [4.69, 9.17) is 28.3 Å². The van der Waals surface area contributed by atoms with Crippen LogP contribution in [0, 0.1) is 0 Å². The summed E-state index contributed by atoms with van der Waals surface area (Å²) < 4.78 is 0. The van der Waals surface area contributed by atoms with Crippen LogP contribution in [-0.4, -0.2) is 28.5 Å². The summed E-state index contributed by atoms with van der Waals surface area (Å²) in [6.45, 7) is 1.92. The van der Waals surface area contributed by atoms with Gasteiger partial charge in [-0.15, -0.1) is 11.8 Å². The van der Waals surface area contributed by atoms with Crippen LogP contribution in [-0.2, 0) is 0 Å². The Morgan fingerprint density at radius 1 is 1.50 bits per heavy atom. The van der Waals surface area contributed by atoms with Crippen LogP contribution >= 0.6 is 35.0 Å². The number of thioether (sulfide) groups is 1. The Morgan fingerprint density at radius 3 is 2.81 bits per heavy atom. The number of benzene rings is 1. The van der Waals surface area contributed by atoms with Crippen molar-refractivity contribution in [2.24, 2.45) is 0 Å². The third kappa shape index (κ3) is 3.98. The Hall–Kier alpha value is -0.220. The van der Waals surface area contributed by atoms with Crippen LogP contribution in [0.1, 0.15) is 17.3 Å². The number of aliphatic hydroxyl groups is 1. The first-order valence-electron chi connectivity index (χ1n) is 4.75. The minimum Gasteiger partial charge on any atom is -0.395 e. The molecule has 0 spiro atoms. The van der Waals surface area contributed by atoms with Crippen molar-refractivity contribution in [3.05, 3.63) is 33.8 Å². The van der Waals surface area contributed by atoms with Gasteiger partial charge in [0, 0.05) is 15.8 Å². The highest BCUT2D eigenvalue weighted by Crippen LogP contribution is 2.23. The second-order valence-electron chi connectivity index (χ2n) is 3.35. The van der Waals surface area contributed by atoms with E-state index in [0.29, 0.717) is 21.4 Å². The fraction of sp³-hybridized carbons (Fsp3) is 0.364. The maximum atomic E-state index is 11.8. The Labute approximate surface area is 109 Å². The summed E-state index contributed by atoms with van der Waals surface area (Å²) in [5.41, 5.74) is 0.437. The first-order chi connectivity index (χ1) is 7.54. The van der Waals surface area contributed by atoms with Crippen LogP contribution in [0.4, 0.5) is 0 Å². The molecule has 0 aromatic heterocycles. The minimum absolute atomic E-state index is 0.0434. The van der Waals surface area contributed by atoms with Crippen molar-refractivity contribution in [3.8, 4) is 0 Å². The lowest BCUT2D eigenvalue weighted by Gasteiger charge is -2.07. The maximum Gasteiger partial charge on any atom is 0.174 e. The molecule has 0 fully saturated rings. The molecular weight excluding hydrogens is 267 g/mol. The minimum atomic E-state index is -0.0715. The zero-order valence-corrected chi connectivity index (χ0v) is 11.1. The molecule has 1 unspecified atom stereocenters. The van der Waals surface area contributed by atoms with E-state index in [0.717, 1.165) is 0 Å². The molecule has 1 aromatic carbocycles. The molecular formula is C11H12Cl2O2S. The molecule has 16 heavy (non-hydrogen) atoms. The molecule has 0 amide bonds. The van der Waals surface area contributed by atoms with Crippen LogP contribution in [0.2, 0.25) is 10.0 Å². The van der Waals surface area contributed by atoms with Gasteiger partial charge in [0.25, 0.3) is 0 Å². The number of aliphatic hydroxyl groups excluding tert-OH is 1. The zero-order valence-electron chi connectivity index (χ0n) is 8.74. The molecule has 1 N–H and O–H groups in total. The molecule has 1 aromatic rings. The quantitative estimate of drug-likeness (QED) is 0.840. The van der Waals surface area contributed by atoms with Gasteiger partial charge in [0.05, 0.1) is 17.4 Å². The SMILES string of the molecule is CC(CO)SCC(=O)c1cc(Cl)ccc1Cl. The summed E-state index contributed by atoms with van der Waals surface area (Å²) in [5.74, 6) is 0.222. The van der Waals surface area contributed by atoms with E-state index in [1.807, 2.05) is 6.92 Å². The molecule has 0 bridgehead atoms. The van der Waals surface area contributed by atoms with Crippen molar-refractivity contribution in [2.45, 2.75) is 12.2 Å². The van der Waals surface area contributed by atoms with Crippen molar-refractivity contribution in [1.29, 1.82) is 0 Å². The molecule has 0 aliphatic heterocycles. The van der Waals surface area contributed by atoms with Crippen LogP contribution in [0.25, 0.3) is 0 Å². The number of halogens is 2. The van der Waals surface area contributed by atoms with Crippen LogP contribution in [0.3, 0.4) is 0 Å². The molecule has 5 heteroatoms. The van der Waals surface area contributed by atoms with Gasteiger partial charge in [-0.05, 0) is 18.2 Å². The van der Waals surface area contributed by atoms with Gasteiger partial charge >= 0.3 is 0 Å². The summed E-state index contributed by atoms with van der Waals surface area (Å²) in [7, 11) is 0. The van der Waals surface area contributed by atoms with E-state index >= 15 is 0 Å². The van der Waals surface area contributed by atoms with Crippen LogP contribution in [0.15, 0.2) is 18.2 Å². The number of carbonyl (C=O) groups is 1. The number of hydrogen-bond acceptors (Lipinski definition) is 3. The first kappa shape index (κ1) is 13.8. The van der Waals surface area contributed by atoms with Gasteiger partial charge in [-0.3, -0.25) is 4.79 Å². The molecule has 1 rings (SSSR count).